The number of aromatic nitrogens is 3. The first-order chi connectivity index (χ1) is 8.65. The summed E-state index contributed by atoms with van der Waals surface area (Å²) < 4.78 is 15.1. The van der Waals surface area contributed by atoms with Crippen molar-refractivity contribution in [2.45, 2.75) is 6.92 Å². The van der Waals surface area contributed by atoms with E-state index in [0.29, 0.717) is 22.8 Å². The molecule has 3 aromatic rings. The number of fused-ring (bicyclic) bond motifs is 1. The van der Waals surface area contributed by atoms with Gasteiger partial charge in [0.1, 0.15) is 11.3 Å². The second kappa shape index (κ2) is 3.80. The Bertz CT molecular complexity index is 713. The lowest BCUT2D eigenvalue weighted by Gasteiger charge is -2.07. The van der Waals surface area contributed by atoms with E-state index >= 15 is 0 Å². The number of halogens is 1. The molecule has 0 radical (unpaired) electrons. The fourth-order valence-corrected chi connectivity index (χ4v) is 2.03. The maximum atomic E-state index is 13.5. The van der Waals surface area contributed by atoms with Crippen LogP contribution in [0.4, 0.5) is 10.3 Å². The molecule has 0 amide bonds. The molecule has 2 heterocycles. The van der Waals surface area contributed by atoms with E-state index in [9.17, 15) is 4.39 Å². The molecule has 0 fully saturated rings. The van der Waals surface area contributed by atoms with Crippen LogP contribution in [-0.2, 0) is 0 Å². The molecule has 3 rings (SSSR count). The van der Waals surface area contributed by atoms with Crippen LogP contribution >= 0.6 is 0 Å². The van der Waals surface area contributed by atoms with Gasteiger partial charge in [-0.1, -0.05) is 0 Å². The van der Waals surface area contributed by atoms with Gasteiger partial charge < -0.3 is 5.73 Å². The summed E-state index contributed by atoms with van der Waals surface area (Å²) in [5.41, 5.74) is 8.64. The van der Waals surface area contributed by atoms with Gasteiger partial charge >= 0.3 is 0 Å². The number of nitrogens with zero attached hydrogens (tertiary/aromatic N) is 3. The monoisotopic (exact) mass is 242 g/mol. The average Bonchev–Trinajstić information content (AvgIpc) is 2.63. The predicted octanol–water partition coefficient (Wildman–Crippen LogP) is 2.45. The fraction of sp³-hybridized carbons (Fsp3) is 0.0769. The minimum absolute atomic E-state index is 0.300. The van der Waals surface area contributed by atoms with Crippen molar-refractivity contribution in [2.75, 3.05) is 5.73 Å². The van der Waals surface area contributed by atoms with Crippen molar-refractivity contribution >= 4 is 17.1 Å². The Kier molecular flexibility index (Phi) is 2.26. The first kappa shape index (κ1) is 10.7. The van der Waals surface area contributed by atoms with Gasteiger partial charge in [0.05, 0.1) is 5.69 Å². The second-order valence-electron chi connectivity index (χ2n) is 4.14. The van der Waals surface area contributed by atoms with E-state index in [-0.39, 0.29) is 5.82 Å². The highest BCUT2D eigenvalue weighted by atomic mass is 19.1. The summed E-state index contributed by atoms with van der Waals surface area (Å²) in [5.74, 6) is -0.00381. The van der Waals surface area contributed by atoms with Crippen molar-refractivity contribution in [3.05, 3.63) is 47.9 Å². The molecule has 4 nitrogen and oxygen atoms in total. The number of anilines is 1. The summed E-state index contributed by atoms with van der Waals surface area (Å²) in [5, 5.41) is 0. The summed E-state index contributed by atoms with van der Waals surface area (Å²) in [6.45, 7) is 1.83. The molecule has 0 aliphatic heterocycles. The van der Waals surface area contributed by atoms with E-state index in [0.717, 1.165) is 5.56 Å². The molecule has 0 aliphatic rings. The lowest BCUT2D eigenvalue weighted by atomic mass is 10.2. The highest BCUT2D eigenvalue weighted by Crippen LogP contribution is 2.22. The summed E-state index contributed by atoms with van der Waals surface area (Å²) in [7, 11) is 0. The molecule has 1 aromatic carbocycles. The zero-order chi connectivity index (χ0) is 12.7. The predicted molar refractivity (Wildman–Crippen MR) is 68.0 cm³/mol. The minimum Gasteiger partial charge on any atom is -0.369 e. The third-order valence-corrected chi connectivity index (χ3v) is 2.73. The molecule has 90 valence electrons. The Hall–Kier alpha value is -2.43. The van der Waals surface area contributed by atoms with Gasteiger partial charge in [-0.2, -0.15) is 0 Å². The van der Waals surface area contributed by atoms with Crippen molar-refractivity contribution in [1.82, 2.24) is 14.5 Å². The molecule has 0 unspecified atom stereocenters. The molecule has 0 bridgehead atoms. The van der Waals surface area contributed by atoms with E-state index in [1.807, 2.05) is 19.1 Å². The lowest BCUT2D eigenvalue weighted by Crippen LogP contribution is -2.02. The molecule has 2 N–H and O–H groups in total. The second-order valence-corrected chi connectivity index (χ2v) is 4.14. The lowest BCUT2D eigenvalue weighted by molar-refractivity contribution is 0.625. The summed E-state index contributed by atoms with van der Waals surface area (Å²) >= 11 is 0. The van der Waals surface area contributed by atoms with Crippen molar-refractivity contribution in [3.8, 4) is 5.69 Å². The van der Waals surface area contributed by atoms with Gasteiger partial charge in [0.25, 0.3) is 0 Å². The average molecular weight is 242 g/mol. The van der Waals surface area contributed by atoms with Gasteiger partial charge in [-0.3, -0.25) is 4.57 Å². The van der Waals surface area contributed by atoms with E-state index in [2.05, 4.69) is 9.97 Å². The van der Waals surface area contributed by atoms with E-state index in [1.54, 1.807) is 16.8 Å². The van der Waals surface area contributed by atoms with Gasteiger partial charge in [0, 0.05) is 6.20 Å². The van der Waals surface area contributed by atoms with E-state index < -0.39 is 0 Å². The van der Waals surface area contributed by atoms with Crippen LogP contribution in [0.5, 0.6) is 0 Å². The van der Waals surface area contributed by atoms with Gasteiger partial charge in [-0.15, -0.1) is 0 Å². The summed E-state index contributed by atoms with van der Waals surface area (Å²) in [6.07, 6.45) is 1.66. The van der Waals surface area contributed by atoms with Crippen molar-refractivity contribution < 1.29 is 4.39 Å². The van der Waals surface area contributed by atoms with E-state index in [4.69, 9.17) is 5.73 Å². The summed E-state index contributed by atoms with van der Waals surface area (Å²) in [4.78, 5) is 8.44. The quantitative estimate of drug-likeness (QED) is 0.713. The first-order valence-corrected chi connectivity index (χ1v) is 5.51. The van der Waals surface area contributed by atoms with Crippen LogP contribution < -0.4 is 5.73 Å². The summed E-state index contributed by atoms with van der Waals surface area (Å²) in [6, 6.07) is 8.33. The molecule has 0 saturated heterocycles. The highest BCUT2D eigenvalue weighted by molar-refractivity contribution is 5.76. The molecule has 18 heavy (non-hydrogen) atoms. The largest absolute Gasteiger partial charge is 0.369 e. The molecular weight excluding hydrogens is 231 g/mol. The Balaban J connectivity index is 2.34. The van der Waals surface area contributed by atoms with Crippen LogP contribution in [-0.4, -0.2) is 14.5 Å². The molecule has 2 aromatic heterocycles. The number of nitrogen functional groups attached to an aromatic ring is 1. The van der Waals surface area contributed by atoms with Gasteiger partial charge in [-0.05, 0) is 42.8 Å². The van der Waals surface area contributed by atoms with Crippen molar-refractivity contribution in [1.29, 1.82) is 0 Å². The molecule has 0 aliphatic carbocycles. The first-order valence-electron chi connectivity index (χ1n) is 5.51. The number of imidazole rings is 1. The third kappa shape index (κ3) is 1.60. The van der Waals surface area contributed by atoms with Gasteiger partial charge in [-0.25, -0.2) is 14.4 Å². The fourth-order valence-electron chi connectivity index (χ4n) is 2.03. The maximum absolute atomic E-state index is 13.5. The molecule has 0 saturated carbocycles. The number of pyridine rings is 1. The Morgan fingerprint density at radius 1 is 1.28 bits per heavy atom. The number of aryl methyl sites for hydroxylation is 1. The van der Waals surface area contributed by atoms with Gasteiger partial charge in [0.15, 0.2) is 5.65 Å². The van der Waals surface area contributed by atoms with Crippen LogP contribution in [0.25, 0.3) is 16.9 Å². The number of benzene rings is 1. The highest BCUT2D eigenvalue weighted by Gasteiger charge is 2.11. The molecule has 0 atom stereocenters. The van der Waals surface area contributed by atoms with Crippen LogP contribution in [0.2, 0.25) is 0 Å². The molecular formula is C13H11FN4. The SMILES string of the molecule is Cc1cc(F)cc(-n2c(N)nc3cccnc32)c1. The third-order valence-electron chi connectivity index (χ3n) is 2.73. The topological polar surface area (TPSA) is 56.7 Å². The Labute approximate surface area is 103 Å². The molecule has 5 heteroatoms. The van der Waals surface area contributed by atoms with Gasteiger partial charge in [0.2, 0.25) is 5.95 Å². The van der Waals surface area contributed by atoms with Crippen molar-refractivity contribution in [2.24, 2.45) is 0 Å². The van der Waals surface area contributed by atoms with Crippen LogP contribution in [0.1, 0.15) is 5.56 Å². The smallest absolute Gasteiger partial charge is 0.207 e. The van der Waals surface area contributed by atoms with Crippen molar-refractivity contribution in [3.63, 3.8) is 0 Å². The zero-order valence-electron chi connectivity index (χ0n) is 9.76. The number of rotatable bonds is 1. The van der Waals surface area contributed by atoms with Crippen LogP contribution in [0.15, 0.2) is 36.5 Å². The minimum atomic E-state index is -0.304. The number of hydrogen-bond donors (Lipinski definition) is 1. The zero-order valence-corrected chi connectivity index (χ0v) is 9.76. The van der Waals surface area contributed by atoms with E-state index in [1.165, 1.54) is 12.1 Å². The van der Waals surface area contributed by atoms with Crippen LogP contribution in [0, 0.1) is 12.7 Å². The normalized spacial score (nSPS) is 11.0. The number of hydrogen-bond acceptors (Lipinski definition) is 3. The maximum Gasteiger partial charge on any atom is 0.207 e. The standard InChI is InChI=1S/C13H11FN4/c1-8-5-9(14)7-10(6-8)18-12-11(17-13(18)15)3-2-4-16-12/h2-7H,1H3,(H2,15,17). The Morgan fingerprint density at radius 3 is 2.89 bits per heavy atom. The number of nitrogens with two attached hydrogens (primary N) is 1. The molecule has 0 spiro atoms. The Morgan fingerprint density at radius 2 is 2.11 bits per heavy atom. The van der Waals surface area contributed by atoms with Crippen LogP contribution in [0.3, 0.4) is 0 Å².